The fraction of sp³-hybridized carbons (Fsp3) is 0.333. The summed E-state index contributed by atoms with van der Waals surface area (Å²) in [4.78, 5) is 29.1. The fourth-order valence-corrected chi connectivity index (χ4v) is 5.73. The molecule has 3 aromatic rings. The van der Waals surface area contributed by atoms with Crippen LogP contribution < -0.4 is 14.4 Å². The van der Waals surface area contributed by atoms with Crippen molar-refractivity contribution in [2.45, 2.75) is 38.8 Å². The maximum atomic E-state index is 14.1. The molecule has 0 aliphatic heterocycles. The second-order valence-corrected chi connectivity index (χ2v) is 12.8. The highest BCUT2D eigenvalue weighted by Gasteiger charge is 2.33. The van der Waals surface area contributed by atoms with Crippen molar-refractivity contribution in [1.82, 2.24) is 10.2 Å². The van der Waals surface area contributed by atoms with Gasteiger partial charge in [-0.15, -0.1) is 0 Å². The van der Waals surface area contributed by atoms with Crippen molar-refractivity contribution in [3.8, 4) is 5.75 Å². The van der Waals surface area contributed by atoms with Crippen molar-refractivity contribution < 1.29 is 22.7 Å². The average molecular weight is 655 g/mol. The first-order valence-corrected chi connectivity index (χ1v) is 16.3. The number of ether oxygens (including phenoxy) is 1. The molecule has 1 N–H and O–H groups in total. The number of sulfonamides is 1. The van der Waals surface area contributed by atoms with Gasteiger partial charge in [0.05, 0.1) is 34.1 Å². The van der Waals surface area contributed by atoms with Gasteiger partial charge in [-0.25, -0.2) is 8.42 Å². The van der Waals surface area contributed by atoms with Crippen LogP contribution in [-0.4, -0.2) is 57.6 Å². The predicted octanol–water partition coefficient (Wildman–Crippen LogP) is 5.98. The van der Waals surface area contributed by atoms with Crippen LogP contribution in [0.15, 0.2) is 66.7 Å². The number of methoxy groups -OCH3 is 1. The van der Waals surface area contributed by atoms with Gasteiger partial charge in [-0.3, -0.25) is 13.9 Å². The number of halogens is 3. The number of unbranched alkanes of at least 4 members (excludes halogenated alkanes) is 1. The standard InChI is InChI=1S/C30H34Cl3N3O5S/c1-4-5-15-34-30(38)27(17-21-9-7-6-8-10-21)35(19-22-11-13-24(31)25(32)16-22)29(37)20-36(42(3,39)40)23-12-14-28(41-2)26(33)18-23/h6-14,16,18,27H,4-5,15,17,19-20H2,1-3H3,(H,34,38)/t27-/m0/s1. The molecule has 0 heterocycles. The molecule has 0 saturated carbocycles. The third-order valence-electron chi connectivity index (χ3n) is 6.54. The molecule has 0 saturated heterocycles. The molecule has 0 aliphatic carbocycles. The van der Waals surface area contributed by atoms with Crippen LogP contribution in [-0.2, 0) is 32.6 Å². The Morgan fingerprint density at radius 1 is 0.929 bits per heavy atom. The van der Waals surface area contributed by atoms with Gasteiger partial charge in [-0.05, 0) is 47.9 Å². The first-order chi connectivity index (χ1) is 19.9. The van der Waals surface area contributed by atoms with Gasteiger partial charge < -0.3 is 15.0 Å². The zero-order chi connectivity index (χ0) is 30.9. The molecule has 3 aromatic carbocycles. The van der Waals surface area contributed by atoms with Gasteiger partial charge in [0.25, 0.3) is 0 Å². The number of nitrogens with zero attached hydrogens (tertiary/aromatic N) is 2. The summed E-state index contributed by atoms with van der Waals surface area (Å²) in [6, 6.07) is 17.7. The van der Waals surface area contributed by atoms with Crippen molar-refractivity contribution in [3.05, 3.63) is 92.9 Å². The van der Waals surface area contributed by atoms with Crippen LogP contribution >= 0.6 is 34.8 Å². The van der Waals surface area contributed by atoms with Crippen molar-refractivity contribution in [3.63, 3.8) is 0 Å². The molecule has 0 radical (unpaired) electrons. The first kappa shape index (κ1) is 33.5. The lowest BCUT2D eigenvalue weighted by Crippen LogP contribution is -2.53. The molecule has 0 bridgehead atoms. The first-order valence-electron chi connectivity index (χ1n) is 13.3. The van der Waals surface area contributed by atoms with Crippen LogP contribution in [0.2, 0.25) is 15.1 Å². The Morgan fingerprint density at radius 3 is 2.24 bits per heavy atom. The molecule has 42 heavy (non-hydrogen) atoms. The second kappa shape index (κ2) is 15.5. The highest BCUT2D eigenvalue weighted by Crippen LogP contribution is 2.31. The zero-order valence-corrected chi connectivity index (χ0v) is 26.7. The SMILES string of the molecule is CCCCNC(=O)[C@H](Cc1ccccc1)N(Cc1ccc(Cl)c(Cl)c1)C(=O)CN(c1ccc(OC)c(Cl)c1)S(C)(=O)=O. The highest BCUT2D eigenvalue weighted by molar-refractivity contribution is 7.92. The Hall–Kier alpha value is -2.98. The quantitative estimate of drug-likeness (QED) is 0.216. The minimum atomic E-state index is -3.94. The van der Waals surface area contributed by atoms with E-state index in [-0.39, 0.29) is 29.6 Å². The Kier molecular flexibility index (Phi) is 12.4. The number of amides is 2. The van der Waals surface area contributed by atoms with E-state index in [0.29, 0.717) is 27.9 Å². The number of nitrogens with one attached hydrogen (secondary N) is 1. The van der Waals surface area contributed by atoms with Gasteiger partial charge in [0.1, 0.15) is 18.3 Å². The molecule has 0 spiro atoms. The van der Waals surface area contributed by atoms with Crippen LogP contribution in [0.25, 0.3) is 0 Å². The largest absolute Gasteiger partial charge is 0.495 e. The van der Waals surface area contributed by atoms with Crippen LogP contribution in [0, 0.1) is 0 Å². The van der Waals surface area contributed by atoms with Crippen molar-refractivity contribution in [2.75, 3.05) is 30.8 Å². The van der Waals surface area contributed by atoms with Crippen LogP contribution in [0.4, 0.5) is 5.69 Å². The number of benzene rings is 3. The number of anilines is 1. The highest BCUT2D eigenvalue weighted by atomic mass is 35.5. The molecule has 226 valence electrons. The summed E-state index contributed by atoms with van der Waals surface area (Å²) in [6.45, 7) is 1.86. The minimum absolute atomic E-state index is 0.0185. The molecule has 0 aromatic heterocycles. The number of carbonyl (C=O) groups is 2. The van der Waals surface area contributed by atoms with E-state index >= 15 is 0 Å². The molecular weight excluding hydrogens is 621 g/mol. The van der Waals surface area contributed by atoms with E-state index in [4.69, 9.17) is 39.5 Å². The smallest absolute Gasteiger partial charge is 0.244 e. The van der Waals surface area contributed by atoms with E-state index in [0.717, 1.165) is 29.0 Å². The number of hydrogen-bond acceptors (Lipinski definition) is 5. The van der Waals surface area contributed by atoms with E-state index in [1.165, 1.54) is 30.2 Å². The summed E-state index contributed by atoms with van der Waals surface area (Å²) in [6.07, 6.45) is 2.85. The van der Waals surface area contributed by atoms with Crippen molar-refractivity contribution in [1.29, 1.82) is 0 Å². The molecule has 2 amide bonds. The van der Waals surface area contributed by atoms with Crippen LogP contribution in [0.3, 0.4) is 0 Å². The minimum Gasteiger partial charge on any atom is -0.495 e. The summed E-state index contributed by atoms with van der Waals surface area (Å²) in [5, 5.41) is 3.75. The Bertz CT molecular complexity index is 1490. The normalized spacial score (nSPS) is 12.0. The van der Waals surface area contributed by atoms with Gasteiger partial charge in [-0.1, -0.05) is 84.5 Å². The van der Waals surface area contributed by atoms with Crippen LogP contribution in [0.1, 0.15) is 30.9 Å². The van der Waals surface area contributed by atoms with E-state index in [2.05, 4.69) is 5.32 Å². The molecule has 8 nitrogen and oxygen atoms in total. The lowest BCUT2D eigenvalue weighted by molar-refractivity contribution is -0.140. The lowest BCUT2D eigenvalue weighted by atomic mass is 10.0. The molecule has 12 heteroatoms. The maximum absolute atomic E-state index is 14.1. The zero-order valence-electron chi connectivity index (χ0n) is 23.6. The monoisotopic (exact) mass is 653 g/mol. The third kappa shape index (κ3) is 9.26. The molecule has 1 atom stereocenters. The van der Waals surface area contributed by atoms with E-state index < -0.39 is 28.5 Å². The van der Waals surface area contributed by atoms with Crippen molar-refractivity contribution in [2.24, 2.45) is 0 Å². The summed E-state index contributed by atoms with van der Waals surface area (Å²) < 4.78 is 32.0. The van der Waals surface area contributed by atoms with Crippen molar-refractivity contribution >= 4 is 62.3 Å². The van der Waals surface area contributed by atoms with Gasteiger partial charge in [0, 0.05) is 19.5 Å². The Balaban J connectivity index is 2.06. The molecule has 0 aliphatic rings. The summed E-state index contributed by atoms with van der Waals surface area (Å²) in [5.41, 5.74) is 1.63. The van der Waals surface area contributed by atoms with E-state index in [1.807, 2.05) is 37.3 Å². The van der Waals surface area contributed by atoms with Gasteiger partial charge in [-0.2, -0.15) is 0 Å². The average Bonchev–Trinajstić information content (AvgIpc) is 2.95. The number of hydrogen-bond donors (Lipinski definition) is 1. The van der Waals surface area contributed by atoms with E-state index in [9.17, 15) is 18.0 Å². The summed E-state index contributed by atoms with van der Waals surface area (Å²) in [5.74, 6) is -0.586. The molecule has 0 fully saturated rings. The second-order valence-electron chi connectivity index (χ2n) is 9.71. The van der Waals surface area contributed by atoms with Gasteiger partial charge >= 0.3 is 0 Å². The maximum Gasteiger partial charge on any atom is 0.244 e. The Morgan fingerprint density at radius 2 is 1.64 bits per heavy atom. The predicted molar refractivity (Wildman–Crippen MR) is 169 cm³/mol. The topological polar surface area (TPSA) is 96.0 Å². The van der Waals surface area contributed by atoms with Gasteiger partial charge in [0.2, 0.25) is 21.8 Å². The fourth-order valence-electron chi connectivity index (χ4n) is 4.32. The van der Waals surface area contributed by atoms with Crippen LogP contribution in [0.5, 0.6) is 5.75 Å². The molecular formula is C30H34Cl3N3O5S. The number of rotatable bonds is 14. The Labute approximate surface area is 262 Å². The summed E-state index contributed by atoms with van der Waals surface area (Å²) >= 11 is 18.7. The molecule has 0 unspecified atom stereocenters. The lowest BCUT2D eigenvalue weighted by Gasteiger charge is -2.33. The third-order valence-corrected chi connectivity index (χ3v) is 8.72. The van der Waals surface area contributed by atoms with Gasteiger partial charge in [0.15, 0.2) is 0 Å². The van der Waals surface area contributed by atoms with E-state index in [1.54, 1.807) is 18.2 Å². The summed E-state index contributed by atoms with van der Waals surface area (Å²) in [7, 11) is -2.50. The number of carbonyl (C=O) groups excluding carboxylic acids is 2. The molecule has 3 rings (SSSR count).